The molecule has 0 aromatic heterocycles. The molecule has 21 heavy (non-hydrogen) atoms. The van der Waals surface area contributed by atoms with Gasteiger partial charge in [-0.05, 0) is 50.9 Å². The van der Waals surface area contributed by atoms with E-state index in [0.717, 1.165) is 0 Å². The minimum atomic E-state index is -3.67. The van der Waals surface area contributed by atoms with Gasteiger partial charge in [-0.15, -0.1) is 0 Å². The maximum absolute atomic E-state index is 11.2. The van der Waals surface area contributed by atoms with Crippen LogP contribution >= 0.6 is 0 Å². The Morgan fingerprint density at radius 2 is 1.67 bits per heavy atom. The summed E-state index contributed by atoms with van der Waals surface area (Å²) in [6.07, 6.45) is 0. The third kappa shape index (κ3) is 3.57. The van der Waals surface area contributed by atoms with Crippen molar-refractivity contribution in [1.82, 2.24) is 0 Å². The number of phenols is 1. The van der Waals surface area contributed by atoms with Crippen molar-refractivity contribution >= 4 is 22.6 Å². The lowest BCUT2D eigenvalue weighted by atomic mass is 9.78. The number of primary sulfonamides is 1. The van der Waals surface area contributed by atoms with Crippen LogP contribution in [0.1, 0.15) is 33.3 Å². The quantitative estimate of drug-likeness (QED) is 0.791. The van der Waals surface area contributed by atoms with Crippen LogP contribution in [-0.2, 0) is 25.1 Å². The first kappa shape index (κ1) is 16.3. The fourth-order valence-electron chi connectivity index (χ4n) is 2.13. The molecule has 1 aliphatic heterocycles. The van der Waals surface area contributed by atoms with Gasteiger partial charge in [-0.3, -0.25) is 0 Å². The van der Waals surface area contributed by atoms with E-state index in [1.807, 2.05) is 27.7 Å². The summed E-state index contributed by atoms with van der Waals surface area (Å²) in [7, 11) is -4.34. The molecule has 1 aromatic rings. The Kier molecular flexibility index (Phi) is 3.86. The third-order valence-corrected chi connectivity index (χ3v) is 4.63. The molecule has 3 N–H and O–H groups in total. The summed E-state index contributed by atoms with van der Waals surface area (Å²) in [5.41, 5.74) is -0.0681. The van der Waals surface area contributed by atoms with E-state index < -0.39 is 28.3 Å². The first-order valence-corrected chi connectivity index (χ1v) is 8.30. The highest BCUT2D eigenvalue weighted by molar-refractivity contribution is 7.88. The van der Waals surface area contributed by atoms with Crippen molar-refractivity contribution in [2.24, 2.45) is 5.14 Å². The predicted molar refractivity (Wildman–Crippen MR) is 80.6 cm³/mol. The summed E-state index contributed by atoms with van der Waals surface area (Å²) in [4.78, 5) is 0. The Hall–Kier alpha value is -1.09. The molecule has 0 atom stereocenters. The lowest BCUT2D eigenvalue weighted by Crippen LogP contribution is -2.41. The molecule has 0 unspecified atom stereocenters. The van der Waals surface area contributed by atoms with E-state index in [9.17, 15) is 13.5 Å². The van der Waals surface area contributed by atoms with Gasteiger partial charge in [-0.25, -0.2) is 13.6 Å². The van der Waals surface area contributed by atoms with E-state index in [0.29, 0.717) is 11.0 Å². The van der Waals surface area contributed by atoms with Gasteiger partial charge in [0.15, 0.2) is 0 Å². The van der Waals surface area contributed by atoms with Gasteiger partial charge >= 0.3 is 7.12 Å². The van der Waals surface area contributed by atoms with E-state index in [-0.39, 0.29) is 11.5 Å². The molecule has 0 bridgehead atoms. The highest BCUT2D eigenvalue weighted by Crippen LogP contribution is 2.36. The van der Waals surface area contributed by atoms with Crippen molar-refractivity contribution in [1.29, 1.82) is 0 Å². The molecule has 0 saturated carbocycles. The zero-order valence-corrected chi connectivity index (χ0v) is 13.4. The number of hydrogen-bond acceptors (Lipinski definition) is 5. The van der Waals surface area contributed by atoms with E-state index in [2.05, 4.69) is 0 Å². The van der Waals surface area contributed by atoms with Crippen LogP contribution in [0.15, 0.2) is 18.2 Å². The number of sulfonamides is 1. The molecule has 0 amide bonds. The second kappa shape index (κ2) is 4.98. The molecule has 0 aliphatic carbocycles. The standard InChI is InChI=1S/C13H20BNO5S/c1-12(2)13(3,4)20-14(19-12)10-5-9(6-11(16)7-10)8-21(15,17)18/h5-7,16H,8H2,1-4H3,(H2,15,17,18). The Morgan fingerprint density at radius 3 is 2.14 bits per heavy atom. The molecule has 1 heterocycles. The van der Waals surface area contributed by atoms with E-state index >= 15 is 0 Å². The van der Waals surface area contributed by atoms with Crippen LogP contribution < -0.4 is 10.6 Å². The molecule has 0 spiro atoms. The normalized spacial score (nSPS) is 20.7. The van der Waals surface area contributed by atoms with Gasteiger partial charge in [0, 0.05) is 0 Å². The average Bonchev–Trinajstić information content (AvgIpc) is 2.44. The molecule has 1 fully saturated rings. The summed E-state index contributed by atoms with van der Waals surface area (Å²) >= 11 is 0. The molecule has 0 radical (unpaired) electrons. The van der Waals surface area contributed by atoms with Crippen molar-refractivity contribution in [3.8, 4) is 5.75 Å². The van der Waals surface area contributed by atoms with Crippen molar-refractivity contribution < 1.29 is 22.8 Å². The molecule has 1 aromatic carbocycles. The Bertz CT molecular complexity index is 641. The first-order valence-electron chi connectivity index (χ1n) is 6.59. The van der Waals surface area contributed by atoms with Gasteiger partial charge in [0.1, 0.15) is 5.75 Å². The number of nitrogens with two attached hydrogens (primary N) is 1. The lowest BCUT2D eigenvalue weighted by Gasteiger charge is -2.32. The highest BCUT2D eigenvalue weighted by atomic mass is 32.2. The lowest BCUT2D eigenvalue weighted by molar-refractivity contribution is 0.00578. The maximum atomic E-state index is 11.2. The summed E-state index contributed by atoms with van der Waals surface area (Å²) < 4.78 is 34.1. The van der Waals surface area contributed by atoms with E-state index in [1.54, 1.807) is 6.07 Å². The van der Waals surface area contributed by atoms with Gasteiger partial charge in [-0.1, -0.05) is 6.07 Å². The SMILES string of the molecule is CC1(C)OB(c2cc(O)cc(CS(N)(=O)=O)c2)OC1(C)C. The third-order valence-electron chi connectivity index (χ3n) is 3.89. The second-order valence-electron chi connectivity index (χ2n) is 6.33. The Labute approximate surface area is 125 Å². The molecule has 8 heteroatoms. The fraction of sp³-hybridized carbons (Fsp3) is 0.538. The summed E-state index contributed by atoms with van der Waals surface area (Å²) in [5, 5.41) is 14.8. The van der Waals surface area contributed by atoms with Crippen molar-refractivity contribution in [3.05, 3.63) is 23.8 Å². The molecule has 1 saturated heterocycles. The topological polar surface area (TPSA) is 98.9 Å². The zero-order chi connectivity index (χ0) is 16.1. The zero-order valence-electron chi connectivity index (χ0n) is 12.6. The van der Waals surface area contributed by atoms with Gasteiger partial charge in [0.2, 0.25) is 10.0 Å². The minimum absolute atomic E-state index is 0.0548. The van der Waals surface area contributed by atoms with Gasteiger partial charge in [0.25, 0.3) is 0 Å². The number of rotatable bonds is 3. The Balaban J connectivity index is 2.34. The van der Waals surface area contributed by atoms with Crippen LogP contribution in [0.4, 0.5) is 0 Å². The maximum Gasteiger partial charge on any atom is 0.494 e. The molecular formula is C13H20BNO5S. The molecule has 2 rings (SSSR count). The monoisotopic (exact) mass is 313 g/mol. The smallest absolute Gasteiger partial charge is 0.494 e. The van der Waals surface area contributed by atoms with Crippen LogP contribution in [0.3, 0.4) is 0 Å². The number of benzene rings is 1. The summed E-state index contributed by atoms with van der Waals surface area (Å²) in [6.45, 7) is 7.67. The van der Waals surface area contributed by atoms with Crippen LogP contribution in [0.5, 0.6) is 5.75 Å². The number of aromatic hydroxyl groups is 1. The minimum Gasteiger partial charge on any atom is -0.508 e. The summed E-state index contributed by atoms with van der Waals surface area (Å²) in [6, 6.07) is 4.47. The van der Waals surface area contributed by atoms with Crippen LogP contribution in [0, 0.1) is 0 Å². The van der Waals surface area contributed by atoms with E-state index in [4.69, 9.17) is 14.4 Å². The summed E-state index contributed by atoms with van der Waals surface area (Å²) in [5.74, 6) is -0.408. The molecule has 116 valence electrons. The second-order valence-corrected chi connectivity index (χ2v) is 7.94. The average molecular weight is 313 g/mol. The van der Waals surface area contributed by atoms with Crippen molar-refractivity contribution in [2.45, 2.75) is 44.6 Å². The van der Waals surface area contributed by atoms with Crippen molar-refractivity contribution in [2.75, 3.05) is 0 Å². The van der Waals surface area contributed by atoms with Crippen LogP contribution in [0.2, 0.25) is 0 Å². The van der Waals surface area contributed by atoms with Gasteiger partial charge < -0.3 is 14.4 Å². The number of phenolic OH excluding ortho intramolecular Hbond substituents is 1. The van der Waals surface area contributed by atoms with Gasteiger partial charge in [-0.2, -0.15) is 0 Å². The molecular weight excluding hydrogens is 293 g/mol. The molecule has 6 nitrogen and oxygen atoms in total. The van der Waals surface area contributed by atoms with Crippen LogP contribution in [0.25, 0.3) is 0 Å². The molecule has 1 aliphatic rings. The largest absolute Gasteiger partial charge is 0.508 e. The highest BCUT2D eigenvalue weighted by Gasteiger charge is 2.51. The Morgan fingerprint density at radius 1 is 1.14 bits per heavy atom. The fourth-order valence-corrected chi connectivity index (χ4v) is 2.76. The van der Waals surface area contributed by atoms with Crippen molar-refractivity contribution in [3.63, 3.8) is 0 Å². The predicted octanol–water partition coefficient (Wildman–Crippen LogP) is 0.480. The van der Waals surface area contributed by atoms with E-state index in [1.165, 1.54) is 12.1 Å². The number of hydrogen-bond donors (Lipinski definition) is 2. The first-order chi connectivity index (χ1) is 9.40. The van der Waals surface area contributed by atoms with Gasteiger partial charge in [0.05, 0.1) is 17.0 Å². The van der Waals surface area contributed by atoms with Crippen LogP contribution in [-0.4, -0.2) is 31.8 Å².